The maximum absolute atomic E-state index is 12.7. The molecule has 128 valence electrons. The van der Waals surface area contributed by atoms with Crippen molar-refractivity contribution in [2.45, 2.75) is 0 Å². The molecule has 8 heteroatoms. The normalized spacial score (nSPS) is 11.9. The van der Waals surface area contributed by atoms with Crippen molar-refractivity contribution in [3.05, 3.63) is 65.2 Å². The first kappa shape index (κ1) is 14.5. The molecule has 0 radical (unpaired) electrons. The van der Waals surface area contributed by atoms with E-state index in [-0.39, 0.29) is 5.56 Å². The van der Waals surface area contributed by atoms with Crippen LogP contribution < -0.4 is 5.56 Å². The number of fused-ring (bicyclic) bond motifs is 6. The van der Waals surface area contributed by atoms with Crippen LogP contribution in [0.5, 0.6) is 0 Å². The molecule has 0 atom stereocenters. The molecule has 0 spiro atoms. The van der Waals surface area contributed by atoms with E-state index in [2.05, 4.69) is 25.3 Å². The van der Waals surface area contributed by atoms with Crippen LogP contribution in [-0.4, -0.2) is 29.8 Å². The van der Waals surface area contributed by atoms with Gasteiger partial charge < -0.3 is 0 Å². The Labute approximate surface area is 154 Å². The summed E-state index contributed by atoms with van der Waals surface area (Å²) in [7, 11) is 0. The standard InChI is InChI=1S/C19H10N6OS/c26-18-16-15(14-19(27-16)21-9-8-20-14)25-17(22-18)13(23-24-25)12-7-3-5-10-4-1-2-6-11(10)12/h1-9,24H. The Balaban J connectivity index is 1.79. The summed E-state index contributed by atoms with van der Waals surface area (Å²) < 4.78 is 2.24. The predicted octanol–water partition coefficient (Wildman–Crippen LogP) is 3.40. The van der Waals surface area contributed by atoms with Crippen molar-refractivity contribution in [2.75, 3.05) is 0 Å². The predicted molar refractivity (Wildman–Crippen MR) is 105 cm³/mol. The van der Waals surface area contributed by atoms with Crippen molar-refractivity contribution in [3.8, 4) is 11.3 Å². The van der Waals surface area contributed by atoms with Gasteiger partial charge in [-0.05, 0) is 10.8 Å². The zero-order valence-electron chi connectivity index (χ0n) is 13.7. The molecule has 27 heavy (non-hydrogen) atoms. The van der Waals surface area contributed by atoms with Crippen LogP contribution >= 0.6 is 11.3 Å². The number of rotatable bonds is 1. The second-order valence-electron chi connectivity index (χ2n) is 6.15. The highest BCUT2D eigenvalue weighted by Crippen LogP contribution is 2.32. The molecule has 0 amide bonds. The fourth-order valence-electron chi connectivity index (χ4n) is 3.49. The number of hydrogen-bond acceptors (Lipinski definition) is 6. The fourth-order valence-corrected chi connectivity index (χ4v) is 4.46. The monoisotopic (exact) mass is 370 g/mol. The lowest BCUT2D eigenvalue weighted by molar-refractivity contribution is 0.877. The molecule has 0 aliphatic rings. The Kier molecular flexibility index (Phi) is 2.78. The van der Waals surface area contributed by atoms with Crippen LogP contribution in [0.4, 0.5) is 0 Å². The lowest BCUT2D eigenvalue weighted by atomic mass is 10.0. The second-order valence-corrected chi connectivity index (χ2v) is 7.15. The Morgan fingerprint density at radius 1 is 1.00 bits per heavy atom. The van der Waals surface area contributed by atoms with Crippen LogP contribution in [0.25, 0.3) is 48.2 Å². The van der Waals surface area contributed by atoms with Crippen molar-refractivity contribution >= 4 is 48.3 Å². The highest BCUT2D eigenvalue weighted by molar-refractivity contribution is 7.25. The smallest absolute Gasteiger partial charge is 0.266 e. The molecule has 1 N–H and O–H groups in total. The van der Waals surface area contributed by atoms with Crippen LogP contribution in [0.3, 0.4) is 0 Å². The Bertz CT molecular complexity index is 1560. The van der Waals surface area contributed by atoms with Gasteiger partial charge in [-0.1, -0.05) is 42.5 Å². The van der Waals surface area contributed by atoms with Crippen molar-refractivity contribution in [1.29, 1.82) is 0 Å². The third kappa shape index (κ3) is 1.92. The van der Waals surface area contributed by atoms with Crippen LogP contribution in [0.1, 0.15) is 0 Å². The summed E-state index contributed by atoms with van der Waals surface area (Å²) in [6.45, 7) is 0. The molecule has 4 heterocycles. The molecular formula is C19H10N6OS. The van der Waals surface area contributed by atoms with Crippen molar-refractivity contribution in [1.82, 2.24) is 29.8 Å². The van der Waals surface area contributed by atoms with Crippen molar-refractivity contribution in [3.63, 3.8) is 0 Å². The summed E-state index contributed by atoms with van der Waals surface area (Å²) in [5.41, 5.74) is 3.07. The van der Waals surface area contributed by atoms with Crippen molar-refractivity contribution in [2.24, 2.45) is 0 Å². The molecule has 0 aliphatic heterocycles. The van der Waals surface area contributed by atoms with E-state index in [1.807, 2.05) is 42.5 Å². The van der Waals surface area contributed by atoms with Gasteiger partial charge in [-0.3, -0.25) is 4.79 Å². The summed E-state index contributed by atoms with van der Waals surface area (Å²) in [6, 6.07) is 14.1. The van der Waals surface area contributed by atoms with E-state index < -0.39 is 0 Å². The minimum atomic E-state index is -0.294. The summed E-state index contributed by atoms with van der Waals surface area (Å²) in [5.74, 6) is 0. The summed E-state index contributed by atoms with van der Waals surface area (Å²) in [5, 5.41) is 9.65. The van der Waals surface area contributed by atoms with Gasteiger partial charge in [0.2, 0.25) is 0 Å². The first-order valence-electron chi connectivity index (χ1n) is 8.30. The molecular weight excluding hydrogens is 360 g/mol. The first-order chi connectivity index (χ1) is 13.3. The van der Waals surface area contributed by atoms with E-state index in [1.54, 1.807) is 16.9 Å². The van der Waals surface area contributed by atoms with Gasteiger partial charge in [0.15, 0.2) is 5.65 Å². The maximum Gasteiger partial charge on any atom is 0.291 e. The zero-order valence-corrected chi connectivity index (χ0v) is 14.6. The molecule has 0 aliphatic carbocycles. The minimum absolute atomic E-state index is 0.294. The summed E-state index contributed by atoms with van der Waals surface area (Å²) in [4.78, 5) is 26.4. The van der Waals surface area contributed by atoms with Crippen molar-refractivity contribution < 1.29 is 0 Å². The minimum Gasteiger partial charge on any atom is -0.266 e. The van der Waals surface area contributed by atoms with Gasteiger partial charge in [0.05, 0.1) is 0 Å². The number of nitrogens with one attached hydrogen (secondary N) is 1. The number of thiophene rings is 1. The third-order valence-corrected chi connectivity index (χ3v) is 5.72. The number of aromatic amines is 1. The van der Waals surface area contributed by atoms with E-state index in [0.29, 0.717) is 31.9 Å². The maximum atomic E-state index is 12.7. The molecule has 2 aromatic carbocycles. The Morgan fingerprint density at radius 2 is 1.85 bits per heavy atom. The van der Waals surface area contributed by atoms with Gasteiger partial charge in [0.1, 0.15) is 26.3 Å². The van der Waals surface area contributed by atoms with E-state index >= 15 is 0 Å². The third-order valence-electron chi connectivity index (χ3n) is 4.66. The van der Waals surface area contributed by atoms with E-state index in [0.717, 1.165) is 16.3 Å². The zero-order chi connectivity index (χ0) is 18.0. The largest absolute Gasteiger partial charge is 0.291 e. The van der Waals surface area contributed by atoms with Gasteiger partial charge in [0, 0.05) is 18.0 Å². The first-order valence-corrected chi connectivity index (χ1v) is 9.11. The number of aromatic nitrogens is 6. The SMILES string of the molecule is O=c1nc2c(-c3cccc4ccccc34)n[nH]n2c2c1sc1nccnc12. The molecule has 0 fully saturated rings. The topological polar surface area (TPSA) is 88.8 Å². The molecule has 0 saturated heterocycles. The highest BCUT2D eigenvalue weighted by atomic mass is 32.1. The van der Waals surface area contributed by atoms with Gasteiger partial charge in [-0.2, -0.15) is 10.1 Å². The average Bonchev–Trinajstić information content (AvgIpc) is 3.29. The number of hydrogen-bond donors (Lipinski definition) is 1. The Hall–Kier alpha value is -3.65. The number of H-pyrrole nitrogens is 1. The fraction of sp³-hybridized carbons (Fsp3) is 0. The van der Waals surface area contributed by atoms with E-state index in [9.17, 15) is 4.79 Å². The highest BCUT2D eigenvalue weighted by Gasteiger charge is 2.19. The molecule has 0 bridgehead atoms. The van der Waals surface area contributed by atoms with Crippen LogP contribution in [0.15, 0.2) is 59.7 Å². The lowest BCUT2D eigenvalue weighted by Crippen LogP contribution is -2.08. The van der Waals surface area contributed by atoms with Crippen LogP contribution in [0.2, 0.25) is 0 Å². The van der Waals surface area contributed by atoms with Gasteiger partial charge in [-0.25, -0.2) is 19.7 Å². The Morgan fingerprint density at radius 3 is 2.81 bits per heavy atom. The lowest BCUT2D eigenvalue weighted by Gasteiger charge is -2.03. The van der Waals surface area contributed by atoms with Gasteiger partial charge >= 0.3 is 0 Å². The molecule has 7 nitrogen and oxygen atoms in total. The van der Waals surface area contributed by atoms with Crippen LogP contribution in [0, 0.1) is 0 Å². The van der Waals surface area contributed by atoms with Gasteiger partial charge in [0.25, 0.3) is 5.56 Å². The number of benzene rings is 2. The molecule has 4 aromatic heterocycles. The summed E-state index contributed by atoms with van der Waals surface area (Å²) >= 11 is 1.29. The number of nitrogens with zero attached hydrogens (tertiary/aromatic N) is 5. The van der Waals surface area contributed by atoms with Crippen LogP contribution in [-0.2, 0) is 0 Å². The summed E-state index contributed by atoms with van der Waals surface area (Å²) in [6.07, 6.45) is 3.24. The second kappa shape index (κ2) is 5.18. The van der Waals surface area contributed by atoms with Gasteiger partial charge in [-0.15, -0.1) is 11.3 Å². The average molecular weight is 370 g/mol. The quantitative estimate of drug-likeness (QED) is 0.479. The molecule has 0 saturated carbocycles. The molecule has 6 aromatic rings. The van der Waals surface area contributed by atoms with E-state index in [4.69, 9.17) is 0 Å². The van der Waals surface area contributed by atoms with E-state index in [1.165, 1.54) is 11.3 Å². The molecule has 6 rings (SSSR count). The molecule has 0 unspecified atom stereocenters.